The van der Waals surface area contributed by atoms with Gasteiger partial charge in [0.05, 0.1) is 6.04 Å². The van der Waals surface area contributed by atoms with E-state index in [1.807, 2.05) is 19.9 Å². The first-order valence-electron chi connectivity index (χ1n) is 4.84. The fourth-order valence-corrected chi connectivity index (χ4v) is 1.39. The first-order valence-corrected chi connectivity index (χ1v) is 4.84. The predicted molar refractivity (Wildman–Crippen MR) is 62.0 cm³/mol. The number of allylic oxidation sites excluding steroid dienone is 4. The van der Waals surface area contributed by atoms with Gasteiger partial charge in [0.15, 0.2) is 5.78 Å². The third kappa shape index (κ3) is 3.23. The Morgan fingerprint density at radius 3 is 2.93 bits per heavy atom. The number of carbonyl (C=O) groups excluding carboxylic acids is 1. The molecule has 0 bridgehead atoms. The summed E-state index contributed by atoms with van der Waals surface area (Å²) in [5.41, 5.74) is 8.07. The number of nitrogens with two attached hydrogens (primary N) is 1. The molecule has 1 atom stereocenters. The smallest absolute Gasteiger partial charge is 0.167 e. The van der Waals surface area contributed by atoms with Crippen molar-refractivity contribution < 1.29 is 4.79 Å². The van der Waals surface area contributed by atoms with Gasteiger partial charge in [0.1, 0.15) is 0 Å². The van der Waals surface area contributed by atoms with Crippen LogP contribution in [0, 0.1) is 11.8 Å². The summed E-state index contributed by atoms with van der Waals surface area (Å²) in [6, 6.07) is -0.281. The highest BCUT2D eigenvalue weighted by Gasteiger charge is 2.12. The van der Waals surface area contributed by atoms with Gasteiger partial charge in [-0.2, -0.15) is 0 Å². The van der Waals surface area contributed by atoms with E-state index < -0.39 is 0 Å². The van der Waals surface area contributed by atoms with Crippen molar-refractivity contribution in [2.24, 2.45) is 5.73 Å². The normalized spacial score (nSPS) is 19.3. The molecule has 15 heavy (non-hydrogen) atoms. The molecule has 0 heterocycles. The topological polar surface area (TPSA) is 43.1 Å². The van der Waals surface area contributed by atoms with E-state index in [0.717, 1.165) is 11.1 Å². The largest absolute Gasteiger partial charge is 0.314 e. The molecule has 0 aromatic heterocycles. The van der Waals surface area contributed by atoms with E-state index in [4.69, 9.17) is 5.73 Å². The van der Waals surface area contributed by atoms with Crippen LogP contribution in [0.1, 0.15) is 20.3 Å². The van der Waals surface area contributed by atoms with Crippen molar-refractivity contribution >= 4 is 5.78 Å². The van der Waals surface area contributed by atoms with E-state index >= 15 is 0 Å². The lowest BCUT2D eigenvalue weighted by molar-refractivity contribution is -0.114. The number of rotatable bonds is 3. The van der Waals surface area contributed by atoms with Crippen LogP contribution < -0.4 is 5.73 Å². The van der Waals surface area contributed by atoms with Crippen LogP contribution in [-0.2, 0) is 4.79 Å². The van der Waals surface area contributed by atoms with Crippen molar-refractivity contribution in [3.05, 3.63) is 35.5 Å². The maximum absolute atomic E-state index is 11.8. The highest BCUT2D eigenvalue weighted by Crippen LogP contribution is 2.16. The summed E-state index contributed by atoms with van der Waals surface area (Å²) in [7, 11) is 0. The van der Waals surface area contributed by atoms with Crippen LogP contribution in [0.15, 0.2) is 35.5 Å². The molecule has 0 saturated carbocycles. The van der Waals surface area contributed by atoms with Crippen molar-refractivity contribution in [1.29, 1.82) is 0 Å². The Hall–Kier alpha value is -1.59. The van der Waals surface area contributed by atoms with E-state index in [1.54, 1.807) is 6.08 Å². The summed E-state index contributed by atoms with van der Waals surface area (Å²) in [5, 5.41) is 0. The minimum absolute atomic E-state index is 0.0552. The molecule has 78 valence electrons. The first kappa shape index (κ1) is 11.5. The lowest BCUT2D eigenvalue weighted by Crippen LogP contribution is -2.14. The van der Waals surface area contributed by atoms with E-state index in [2.05, 4.69) is 18.4 Å². The molecule has 2 N–H and O–H groups in total. The summed E-state index contributed by atoms with van der Waals surface area (Å²) in [6.45, 7) is 7.44. The zero-order chi connectivity index (χ0) is 11.4. The van der Waals surface area contributed by atoms with Crippen LogP contribution in [0.3, 0.4) is 0 Å². The van der Waals surface area contributed by atoms with Gasteiger partial charge in [0.25, 0.3) is 0 Å². The number of Topliss-reactive ketones (excluding diaryl/α,β-unsaturated/α-hetero) is 1. The minimum Gasteiger partial charge on any atom is -0.314 e. The molecule has 1 unspecified atom stereocenters. The molecule has 2 nitrogen and oxygen atoms in total. The van der Waals surface area contributed by atoms with Crippen molar-refractivity contribution in [1.82, 2.24) is 0 Å². The molecule has 1 aliphatic carbocycles. The Labute approximate surface area is 90.5 Å². The van der Waals surface area contributed by atoms with Gasteiger partial charge in [0.2, 0.25) is 0 Å². The summed E-state index contributed by atoms with van der Waals surface area (Å²) in [6.07, 6.45) is 3.82. The Morgan fingerprint density at radius 2 is 2.33 bits per heavy atom. The minimum atomic E-state index is -0.281. The van der Waals surface area contributed by atoms with Crippen molar-refractivity contribution in [3.8, 4) is 11.8 Å². The summed E-state index contributed by atoms with van der Waals surface area (Å²) < 4.78 is 0. The standard InChI is InChI=1S/C13H15NO/c1-9(2)7-13(15)12-6-4-5-11(14)8-10(12)3/h6,8,11H,1,7,14H2,2-3H3. The van der Waals surface area contributed by atoms with Gasteiger partial charge in [-0.15, -0.1) is 0 Å². The lowest BCUT2D eigenvalue weighted by Gasteiger charge is -2.06. The van der Waals surface area contributed by atoms with Crippen LogP contribution in [-0.4, -0.2) is 11.8 Å². The number of ketones is 1. The molecular weight excluding hydrogens is 186 g/mol. The molecule has 0 aliphatic heterocycles. The Bertz CT molecular complexity index is 416. The summed E-state index contributed by atoms with van der Waals surface area (Å²) in [4.78, 5) is 11.8. The van der Waals surface area contributed by atoms with Crippen LogP contribution >= 0.6 is 0 Å². The zero-order valence-electron chi connectivity index (χ0n) is 9.13. The molecule has 0 saturated heterocycles. The van der Waals surface area contributed by atoms with Gasteiger partial charge >= 0.3 is 0 Å². The highest BCUT2D eigenvalue weighted by atomic mass is 16.1. The van der Waals surface area contributed by atoms with E-state index in [0.29, 0.717) is 12.0 Å². The maximum atomic E-state index is 11.8. The molecular formula is C13H15NO. The quantitative estimate of drug-likeness (QED) is 0.558. The van der Waals surface area contributed by atoms with Gasteiger partial charge in [-0.25, -0.2) is 0 Å². The average Bonchev–Trinajstić information content (AvgIpc) is 2.25. The molecule has 1 aliphatic rings. The van der Waals surface area contributed by atoms with Gasteiger partial charge in [0, 0.05) is 12.0 Å². The molecule has 0 fully saturated rings. The molecule has 0 amide bonds. The summed E-state index contributed by atoms with van der Waals surface area (Å²) in [5.74, 6) is 5.66. The Morgan fingerprint density at radius 1 is 1.67 bits per heavy atom. The van der Waals surface area contributed by atoms with Crippen LogP contribution in [0.2, 0.25) is 0 Å². The second-order valence-electron chi connectivity index (χ2n) is 3.78. The Kier molecular flexibility index (Phi) is 3.65. The highest BCUT2D eigenvalue weighted by molar-refractivity contribution is 6.01. The predicted octanol–water partition coefficient (Wildman–Crippen LogP) is 1.74. The van der Waals surface area contributed by atoms with Crippen LogP contribution in [0.5, 0.6) is 0 Å². The SMILES string of the molecule is C=C(C)CC(=O)C1=CC#CC(N)C=C1C. The Balaban J connectivity index is 2.92. The van der Waals surface area contributed by atoms with E-state index in [9.17, 15) is 4.79 Å². The monoisotopic (exact) mass is 201 g/mol. The maximum Gasteiger partial charge on any atom is 0.167 e. The average molecular weight is 201 g/mol. The van der Waals surface area contributed by atoms with Crippen molar-refractivity contribution in [2.75, 3.05) is 0 Å². The van der Waals surface area contributed by atoms with E-state index in [-0.39, 0.29) is 11.8 Å². The van der Waals surface area contributed by atoms with Crippen LogP contribution in [0.4, 0.5) is 0 Å². The second kappa shape index (κ2) is 4.77. The van der Waals surface area contributed by atoms with E-state index in [1.165, 1.54) is 0 Å². The number of carbonyl (C=O) groups is 1. The molecule has 1 rings (SSSR count). The molecule has 0 spiro atoms. The molecule has 2 heteroatoms. The third-order valence-corrected chi connectivity index (χ3v) is 2.08. The number of hydrogen-bond donors (Lipinski definition) is 1. The summed E-state index contributed by atoms with van der Waals surface area (Å²) >= 11 is 0. The van der Waals surface area contributed by atoms with Crippen molar-refractivity contribution in [3.63, 3.8) is 0 Å². The fourth-order valence-electron chi connectivity index (χ4n) is 1.39. The van der Waals surface area contributed by atoms with Gasteiger partial charge < -0.3 is 5.73 Å². The fraction of sp³-hybridized carbons (Fsp3) is 0.308. The van der Waals surface area contributed by atoms with Gasteiger partial charge in [-0.3, -0.25) is 4.79 Å². The molecule has 0 aromatic carbocycles. The van der Waals surface area contributed by atoms with Crippen LogP contribution in [0.25, 0.3) is 0 Å². The van der Waals surface area contributed by atoms with Crippen molar-refractivity contribution in [2.45, 2.75) is 26.3 Å². The zero-order valence-corrected chi connectivity index (χ0v) is 9.13. The molecule has 0 radical (unpaired) electrons. The molecule has 0 aromatic rings. The number of hydrogen-bond acceptors (Lipinski definition) is 2. The second-order valence-corrected chi connectivity index (χ2v) is 3.78. The first-order chi connectivity index (χ1) is 7.00. The van der Waals surface area contributed by atoms with Gasteiger partial charge in [-0.05, 0) is 25.5 Å². The third-order valence-electron chi connectivity index (χ3n) is 2.08. The lowest BCUT2D eigenvalue weighted by atomic mass is 9.98. The van der Waals surface area contributed by atoms with Gasteiger partial charge in [-0.1, -0.05) is 30.1 Å².